The molecule has 0 bridgehead atoms. The molecule has 68 heavy (non-hydrogen) atoms. The normalized spacial score (nSPS) is 12.1. The lowest BCUT2D eigenvalue weighted by Gasteiger charge is -2.18. The standard InChI is InChI=1S/C64H38N4/c1-2-17-41-36-60-54(34-40(41)16-1)52-32-30-44(68-59-28-14-11-25-51(59)53-31-29-39-15-3-8-22-48(39)64(53)68)38-61(52)67(60)45-33-42-18-4-7-21-47(42)56(37-45)63-62(65-57-26-12-13-27-58(57)66-63)55-35-43-19-5-6-20-46(43)49-23-9-10-24-50(49)55/h1-38H. The van der Waals surface area contributed by atoms with Gasteiger partial charge in [0.15, 0.2) is 0 Å². The van der Waals surface area contributed by atoms with Gasteiger partial charge < -0.3 is 9.13 Å². The van der Waals surface area contributed by atoms with E-state index in [1.165, 1.54) is 70.3 Å². The van der Waals surface area contributed by atoms with Gasteiger partial charge in [-0.25, -0.2) is 9.97 Å². The largest absolute Gasteiger partial charge is 0.309 e. The van der Waals surface area contributed by atoms with Crippen LogP contribution in [-0.2, 0) is 0 Å². The van der Waals surface area contributed by atoms with Crippen LogP contribution in [0.5, 0.6) is 0 Å². The van der Waals surface area contributed by atoms with Gasteiger partial charge in [0, 0.05) is 49.4 Å². The van der Waals surface area contributed by atoms with Crippen molar-refractivity contribution in [1.82, 2.24) is 19.1 Å². The van der Waals surface area contributed by atoms with Crippen LogP contribution in [0.1, 0.15) is 0 Å². The average molecular weight is 863 g/mol. The van der Waals surface area contributed by atoms with Crippen molar-refractivity contribution in [2.45, 2.75) is 0 Å². The van der Waals surface area contributed by atoms with Crippen LogP contribution in [0.25, 0.3) is 142 Å². The highest BCUT2D eigenvalue weighted by atomic mass is 15.0. The number of fused-ring (bicyclic) bond motifs is 14. The summed E-state index contributed by atoms with van der Waals surface area (Å²) >= 11 is 0. The quantitative estimate of drug-likeness (QED) is 0.165. The monoisotopic (exact) mass is 862 g/mol. The third-order valence-corrected chi connectivity index (χ3v) is 14.4. The minimum Gasteiger partial charge on any atom is -0.309 e. The fourth-order valence-electron chi connectivity index (χ4n) is 11.4. The highest BCUT2D eigenvalue weighted by molar-refractivity contribution is 6.20. The summed E-state index contributed by atoms with van der Waals surface area (Å²) in [4.78, 5) is 11.2. The van der Waals surface area contributed by atoms with Crippen molar-refractivity contribution in [3.8, 4) is 33.9 Å². The Kier molecular flexibility index (Phi) is 7.75. The minimum absolute atomic E-state index is 0.853. The van der Waals surface area contributed by atoms with E-state index < -0.39 is 0 Å². The maximum absolute atomic E-state index is 5.60. The van der Waals surface area contributed by atoms with Gasteiger partial charge in [0.25, 0.3) is 0 Å². The van der Waals surface area contributed by atoms with Crippen LogP contribution in [-0.4, -0.2) is 19.1 Å². The molecular formula is C64H38N4. The third-order valence-electron chi connectivity index (χ3n) is 14.4. The van der Waals surface area contributed by atoms with Gasteiger partial charge in [-0.3, -0.25) is 0 Å². The Hall–Kier alpha value is -9.12. The van der Waals surface area contributed by atoms with Crippen LogP contribution in [0.4, 0.5) is 0 Å². The number of aromatic nitrogens is 4. The van der Waals surface area contributed by atoms with E-state index in [0.29, 0.717) is 0 Å². The van der Waals surface area contributed by atoms with Crippen LogP contribution in [0.15, 0.2) is 231 Å². The second kappa shape index (κ2) is 14.2. The molecule has 0 atom stereocenters. The Labute approximate surface area is 390 Å². The van der Waals surface area contributed by atoms with Crippen molar-refractivity contribution < 1.29 is 0 Å². The van der Waals surface area contributed by atoms with Gasteiger partial charge in [0.05, 0.1) is 44.5 Å². The van der Waals surface area contributed by atoms with E-state index in [1.54, 1.807) is 0 Å². The minimum atomic E-state index is 0.853. The van der Waals surface area contributed by atoms with Gasteiger partial charge in [0.2, 0.25) is 0 Å². The number of benzene rings is 12. The molecule has 0 radical (unpaired) electrons. The molecule has 0 aliphatic carbocycles. The van der Waals surface area contributed by atoms with E-state index in [0.717, 1.165) is 72.1 Å². The zero-order valence-electron chi connectivity index (χ0n) is 36.7. The molecule has 0 aliphatic rings. The van der Waals surface area contributed by atoms with E-state index in [-0.39, 0.29) is 0 Å². The van der Waals surface area contributed by atoms with Crippen LogP contribution in [0, 0.1) is 0 Å². The average Bonchev–Trinajstić information content (AvgIpc) is 3.91. The maximum Gasteiger partial charge on any atom is 0.0980 e. The first-order valence-corrected chi connectivity index (χ1v) is 23.3. The summed E-state index contributed by atoms with van der Waals surface area (Å²) in [5.74, 6) is 0. The van der Waals surface area contributed by atoms with Crippen LogP contribution in [0.2, 0.25) is 0 Å². The molecule has 0 aliphatic heterocycles. The summed E-state index contributed by atoms with van der Waals surface area (Å²) in [7, 11) is 0. The second-order valence-corrected chi connectivity index (χ2v) is 18.1. The molecule has 3 aromatic heterocycles. The zero-order chi connectivity index (χ0) is 44.5. The maximum atomic E-state index is 5.60. The Bertz CT molecular complexity index is 4630. The van der Waals surface area contributed by atoms with E-state index in [2.05, 4.69) is 240 Å². The fourth-order valence-corrected chi connectivity index (χ4v) is 11.4. The number of rotatable bonds is 4. The molecule has 0 fully saturated rings. The van der Waals surface area contributed by atoms with Crippen molar-refractivity contribution in [3.05, 3.63) is 231 Å². The van der Waals surface area contributed by atoms with Crippen molar-refractivity contribution in [1.29, 1.82) is 0 Å². The molecule has 314 valence electrons. The van der Waals surface area contributed by atoms with Gasteiger partial charge >= 0.3 is 0 Å². The van der Waals surface area contributed by atoms with Gasteiger partial charge in [-0.05, 0) is 109 Å². The first kappa shape index (κ1) is 37.1. The van der Waals surface area contributed by atoms with E-state index in [4.69, 9.17) is 9.97 Å². The fraction of sp³-hybridized carbons (Fsp3) is 0. The number of hydrogen-bond acceptors (Lipinski definition) is 2. The molecule has 3 heterocycles. The van der Waals surface area contributed by atoms with Gasteiger partial charge in [0.1, 0.15) is 0 Å². The van der Waals surface area contributed by atoms with Crippen molar-refractivity contribution in [3.63, 3.8) is 0 Å². The van der Waals surface area contributed by atoms with Gasteiger partial charge in [-0.2, -0.15) is 0 Å². The highest BCUT2D eigenvalue weighted by Crippen LogP contribution is 2.44. The summed E-state index contributed by atoms with van der Waals surface area (Å²) in [5.41, 5.74) is 12.4. The zero-order valence-corrected chi connectivity index (χ0v) is 36.7. The Morgan fingerprint density at radius 3 is 1.54 bits per heavy atom. The van der Waals surface area contributed by atoms with Crippen molar-refractivity contribution in [2.75, 3.05) is 0 Å². The van der Waals surface area contributed by atoms with Gasteiger partial charge in [-0.1, -0.05) is 170 Å². The molecule has 0 amide bonds. The number of para-hydroxylation sites is 3. The molecule has 0 N–H and O–H groups in total. The molecule has 12 aromatic carbocycles. The lowest BCUT2D eigenvalue weighted by atomic mass is 9.92. The molecule has 0 spiro atoms. The summed E-state index contributed by atoms with van der Waals surface area (Å²) in [6, 6.07) is 84.1. The Morgan fingerprint density at radius 1 is 0.250 bits per heavy atom. The van der Waals surface area contributed by atoms with E-state index in [9.17, 15) is 0 Å². The Morgan fingerprint density at radius 2 is 0.779 bits per heavy atom. The first-order valence-electron chi connectivity index (χ1n) is 23.3. The SMILES string of the molecule is c1ccc2cc3c(cc2c1)c1ccc(-n2c4ccccc4c4ccc5ccccc5c42)cc1n3-c1cc(-c2nc3ccccc3nc2-c2cc3ccccc3c3ccccc23)c2ccccc2c1. The Balaban J connectivity index is 1.06. The first-order chi connectivity index (χ1) is 33.7. The predicted octanol–water partition coefficient (Wildman–Crippen LogP) is 16.9. The van der Waals surface area contributed by atoms with E-state index >= 15 is 0 Å². The third kappa shape index (κ3) is 5.37. The van der Waals surface area contributed by atoms with Crippen molar-refractivity contribution >= 4 is 109 Å². The molecule has 15 aromatic rings. The van der Waals surface area contributed by atoms with Crippen LogP contribution in [0.3, 0.4) is 0 Å². The molecule has 4 heteroatoms. The molecule has 0 saturated carbocycles. The lowest BCUT2D eigenvalue weighted by Crippen LogP contribution is -2.00. The van der Waals surface area contributed by atoms with E-state index in [1.807, 2.05) is 0 Å². The summed E-state index contributed by atoms with van der Waals surface area (Å²) in [6.45, 7) is 0. The summed E-state index contributed by atoms with van der Waals surface area (Å²) < 4.78 is 4.96. The molecule has 0 saturated heterocycles. The van der Waals surface area contributed by atoms with Crippen LogP contribution >= 0.6 is 0 Å². The predicted molar refractivity (Wildman–Crippen MR) is 287 cm³/mol. The topological polar surface area (TPSA) is 35.6 Å². The van der Waals surface area contributed by atoms with Gasteiger partial charge in [-0.15, -0.1) is 0 Å². The van der Waals surface area contributed by atoms with Crippen LogP contribution < -0.4 is 0 Å². The molecule has 0 unspecified atom stereocenters. The van der Waals surface area contributed by atoms with Crippen molar-refractivity contribution in [2.24, 2.45) is 0 Å². The molecule has 15 rings (SSSR count). The molecular weight excluding hydrogens is 825 g/mol. The number of hydrogen-bond donors (Lipinski definition) is 0. The summed E-state index contributed by atoms with van der Waals surface area (Å²) in [6.07, 6.45) is 0. The highest BCUT2D eigenvalue weighted by Gasteiger charge is 2.23. The number of nitrogens with zero attached hydrogens (tertiary/aromatic N) is 4. The molecule has 4 nitrogen and oxygen atoms in total. The second-order valence-electron chi connectivity index (χ2n) is 18.1. The summed E-state index contributed by atoms with van der Waals surface area (Å²) in [5, 5.41) is 16.8. The smallest absolute Gasteiger partial charge is 0.0980 e. The lowest BCUT2D eigenvalue weighted by molar-refractivity contribution is 1.16.